The molecular weight excluding hydrogens is 328 g/mol. The SMILES string of the molecule is O=C(NCCC1CCCNC1)C1CCN(c2nc3ccccc3o2)CC1. The lowest BCUT2D eigenvalue weighted by atomic mass is 9.94. The van der Waals surface area contributed by atoms with Crippen molar-refractivity contribution >= 4 is 23.0 Å². The van der Waals surface area contributed by atoms with Crippen molar-refractivity contribution in [3.63, 3.8) is 0 Å². The first-order valence-electron chi connectivity index (χ1n) is 9.88. The molecule has 1 aromatic carbocycles. The minimum Gasteiger partial charge on any atom is -0.423 e. The zero-order valence-electron chi connectivity index (χ0n) is 15.2. The minimum atomic E-state index is 0.111. The maximum Gasteiger partial charge on any atom is 0.298 e. The first-order chi connectivity index (χ1) is 12.8. The number of rotatable bonds is 5. The van der Waals surface area contributed by atoms with Gasteiger partial charge in [0.25, 0.3) is 6.01 Å². The predicted molar refractivity (Wildman–Crippen MR) is 102 cm³/mol. The molecule has 4 rings (SSSR count). The van der Waals surface area contributed by atoms with Gasteiger partial charge in [-0.05, 0) is 63.2 Å². The summed E-state index contributed by atoms with van der Waals surface area (Å²) in [7, 11) is 0. The molecule has 0 radical (unpaired) electrons. The van der Waals surface area contributed by atoms with Crippen LogP contribution in [0.25, 0.3) is 11.1 Å². The first-order valence-corrected chi connectivity index (χ1v) is 9.88. The van der Waals surface area contributed by atoms with Crippen molar-refractivity contribution < 1.29 is 9.21 Å². The number of hydrogen-bond acceptors (Lipinski definition) is 5. The first kappa shape index (κ1) is 17.3. The van der Waals surface area contributed by atoms with E-state index in [1.807, 2.05) is 24.3 Å². The van der Waals surface area contributed by atoms with Crippen LogP contribution in [-0.2, 0) is 4.79 Å². The summed E-state index contributed by atoms with van der Waals surface area (Å²) in [6.45, 7) is 4.67. The van der Waals surface area contributed by atoms with E-state index >= 15 is 0 Å². The van der Waals surface area contributed by atoms with Crippen LogP contribution < -0.4 is 15.5 Å². The Bertz CT molecular complexity index is 697. The molecule has 0 bridgehead atoms. The van der Waals surface area contributed by atoms with Gasteiger partial charge in [-0.3, -0.25) is 4.79 Å². The third-order valence-corrected chi connectivity index (χ3v) is 5.67. The van der Waals surface area contributed by atoms with Crippen molar-refractivity contribution in [3.05, 3.63) is 24.3 Å². The summed E-state index contributed by atoms with van der Waals surface area (Å²) in [6, 6.07) is 8.50. The third-order valence-electron chi connectivity index (χ3n) is 5.67. The summed E-state index contributed by atoms with van der Waals surface area (Å²) >= 11 is 0. The predicted octanol–water partition coefficient (Wildman–Crippen LogP) is 2.55. The lowest BCUT2D eigenvalue weighted by Crippen LogP contribution is -2.41. The molecule has 2 aliphatic heterocycles. The van der Waals surface area contributed by atoms with Gasteiger partial charge in [0, 0.05) is 25.6 Å². The average Bonchev–Trinajstić information content (AvgIpc) is 3.13. The van der Waals surface area contributed by atoms with Gasteiger partial charge in [0.05, 0.1) is 0 Å². The number of nitrogens with one attached hydrogen (secondary N) is 2. The monoisotopic (exact) mass is 356 g/mol. The van der Waals surface area contributed by atoms with Gasteiger partial charge in [-0.25, -0.2) is 0 Å². The fourth-order valence-corrected chi connectivity index (χ4v) is 4.04. The number of anilines is 1. The molecule has 2 aromatic rings. The molecule has 1 aromatic heterocycles. The van der Waals surface area contributed by atoms with Gasteiger partial charge < -0.3 is 20.0 Å². The summed E-state index contributed by atoms with van der Waals surface area (Å²) in [6.07, 6.45) is 5.34. The fraction of sp³-hybridized carbons (Fsp3) is 0.600. The molecule has 1 amide bonds. The topological polar surface area (TPSA) is 70.4 Å². The van der Waals surface area contributed by atoms with E-state index in [9.17, 15) is 4.79 Å². The Hall–Kier alpha value is -2.08. The Morgan fingerprint density at radius 3 is 2.88 bits per heavy atom. The highest BCUT2D eigenvalue weighted by Crippen LogP contribution is 2.26. The number of para-hydroxylation sites is 2. The van der Waals surface area contributed by atoms with Crippen molar-refractivity contribution in [3.8, 4) is 0 Å². The number of fused-ring (bicyclic) bond motifs is 1. The van der Waals surface area contributed by atoms with Gasteiger partial charge >= 0.3 is 0 Å². The maximum absolute atomic E-state index is 12.4. The second-order valence-electron chi connectivity index (χ2n) is 7.52. The molecule has 6 heteroatoms. The molecule has 1 unspecified atom stereocenters. The molecule has 2 fully saturated rings. The highest BCUT2D eigenvalue weighted by Gasteiger charge is 2.27. The number of carbonyl (C=O) groups is 1. The van der Waals surface area contributed by atoms with Gasteiger partial charge in [0.1, 0.15) is 5.52 Å². The van der Waals surface area contributed by atoms with E-state index in [4.69, 9.17) is 4.42 Å². The Morgan fingerprint density at radius 2 is 2.12 bits per heavy atom. The van der Waals surface area contributed by atoms with Crippen LogP contribution in [0.5, 0.6) is 0 Å². The quantitative estimate of drug-likeness (QED) is 0.862. The van der Waals surface area contributed by atoms with Gasteiger partial charge in [-0.2, -0.15) is 4.98 Å². The van der Waals surface area contributed by atoms with E-state index in [-0.39, 0.29) is 11.8 Å². The van der Waals surface area contributed by atoms with E-state index < -0.39 is 0 Å². The molecule has 0 aliphatic carbocycles. The van der Waals surface area contributed by atoms with Crippen molar-refractivity contribution in [2.75, 3.05) is 37.6 Å². The van der Waals surface area contributed by atoms with Crippen LogP contribution in [0.4, 0.5) is 6.01 Å². The number of nitrogens with zero attached hydrogens (tertiary/aromatic N) is 2. The van der Waals surface area contributed by atoms with E-state index in [1.165, 1.54) is 12.8 Å². The highest BCUT2D eigenvalue weighted by molar-refractivity contribution is 5.79. The van der Waals surface area contributed by atoms with Crippen LogP contribution in [0.15, 0.2) is 28.7 Å². The lowest BCUT2D eigenvalue weighted by molar-refractivity contribution is -0.125. The second-order valence-corrected chi connectivity index (χ2v) is 7.52. The molecule has 0 saturated carbocycles. The largest absolute Gasteiger partial charge is 0.423 e. The Balaban J connectivity index is 1.23. The van der Waals surface area contributed by atoms with E-state index in [2.05, 4.69) is 20.5 Å². The number of piperidine rings is 2. The third kappa shape index (κ3) is 4.01. The molecule has 1 atom stereocenters. The normalized spacial score (nSPS) is 21.8. The Kier molecular flexibility index (Phi) is 5.39. The molecule has 6 nitrogen and oxygen atoms in total. The smallest absolute Gasteiger partial charge is 0.298 e. The number of hydrogen-bond donors (Lipinski definition) is 2. The number of carbonyl (C=O) groups excluding carboxylic acids is 1. The molecule has 2 N–H and O–H groups in total. The molecular formula is C20H28N4O2. The van der Waals surface area contributed by atoms with Crippen molar-refractivity contribution in [2.24, 2.45) is 11.8 Å². The molecule has 2 saturated heterocycles. The highest BCUT2D eigenvalue weighted by atomic mass is 16.4. The molecule has 2 aliphatic rings. The second kappa shape index (κ2) is 8.08. The van der Waals surface area contributed by atoms with Gasteiger partial charge in [0.2, 0.25) is 5.91 Å². The zero-order valence-corrected chi connectivity index (χ0v) is 15.2. The van der Waals surface area contributed by atoms with E-state index in [1.54, 1.807) is 0 Å². The summed E-state index contributed by atoms with van der Waals surface area (Å²) in [5.74, 6) is 1.04. The van der Waals surface area contributed by atoms with Crippen molar-refractivity contribution in [1.29, 1.82) is 0 Å². The summed E-state index contributed by atoms with van der Waals surface area (Å²) in [5, 5.41) is 6.58. The van der Waals surface area contributed by atoms with Crippen LogP contribution in [0.1, 0.15) is 32.1 Å². The number of aromatic nitrogens is 1. The van der Waals surface area contributed by atoms with Crippen LogP contribution >= 0.6 is 0 Å². The molecule has 3 heterocycles. The Labute approximate surface area is 154 Å². The molecule has 0 spiro atoms. The van der Waals surface area contributed by atoms with Crippen molar-refractivity contribution in [1.82, 2.24) is 15.6 Å². The van der Waals surface area contributed by atoms with Gasteiger partial charge in [0.15, 0.2) is 5.58 Å². The van der Waals surface area contributed by atoms with Crippen molar-refractivity contribution in [2.45, 2.75) is 32.1 Å². The van der Waals surface area contributed by atoms with Crippen LogP contribution in [0.2, 0.25) is 0 Å². The maximum atomic E-state index is 12.4. The number of oxazole rings is 1. The van der Waals surface area contributed by atoms with Gasteiger partial charge in [-0.1, -0.05) is 12.1 Å². The van der Waals surface area contributed by atoms with E-state index in [0.717, 1.165) is 63.1 Å². The number of benzene rings is 1. The zero-order chi connectivity index (χ0) is 17.8. The average molecular weight is 356 g/mol. The standard InChI is InChI=1S/C20H28N4O2/c25-19(22-11-7-15-4-3-10-21-14-15)16-8-12-24(13-9-16)20-23-17-5-1-2-6-18(17)26-20/h1-2,5-6,15-16,21H,3-4,7-14H2,(H,22,25). The Morgan fingerprint density at radius 1 is 1.27 bits per heavy atom. The van der Waals surface area contributed by atoms with Crippen LogP contribution in [-0.4, -0.2) is 43.6 Å². The fourth-order valence-electron chi connectivity index (χ4n) is 4.04. The molecule has 140 valence electrons. The van der Waals surface area contributed by atoms with E-state index in [0.29, 0.717) is 11.9 Å². The summed E-state index contributed by atoms with van der Waals surface area (Å²) in [5.41, 5.74) is 1.71. The summed E-state index contributed by atoms with van der Waals surface area (Å²) in [4.78, 5) is 19.2. The minimum absolute atomic E-state index is 0.111. The lowest BCUT2D eigenvalue weighted by Gasteiger charge is -2.30. The van der Waals surface area contributed by atoms with Gasteiger partial charge in [-0.15, -0.1) is 0 Å². The summed E-state index contributed by atoms with van der Waals surface area (Å²) < 4.78 is 5.84. The van der Waals surface area contributed by atoms with Crippen LogP contribution in [0.3, 0.4) is 0 Å². The molecule has 26 heavy (non-hydrogen) atoms. The number of amides is 1. The van der Waals surface area contributed by atoms with Crippen LogP contribution in [0, 0.1) is 11.8 Å².